The molecule has 2 unspecified atom stereocenters. The van der Waals surface area contributed by atoms with Gasteiger partial charge in [-0.1, -0.05) is 6.07 Å². The van der Waals surface area contributed by atoms with Gasteiger partial charge in [-0.2, -0.15) is 0 Å². The van der Waals surface area contributed by atoms with Crippen LogP contribution in [-0.4, -0.2) is 18.1 Å². The van der Waals surface area contributed by atoms with Crippen LogP contribution in [0.3, 0.4) is 0 Å². The van der Waals surface area contributed by atoms with Crippen molar-refractivity contribution in [3.05, 3.63) is 36.0 Å². The van der Waals surface area contributed by atoms with E-state index >= 15 is 4.39 Å². The second kappa shape index (κ2) is 4.39. The topological polar surface area (TPSA) is 27.8 Å². The zero-order chi connectivity index (χ0) is 12.6. The highest BCUT2D eigenvalue weighted by Gasteiger charge is 2.36. The Labute approximate surface area is 107 Å². The summed E-state index contributed by atoms with van der Waals surface area (Å²) in [6.07, 6.45) is 3.92. The van der Waals surface area contributed by atoms with Crippen LogP contribution in [0.1, 0.15) is 25.3 Å². The largest absolute Gasteiger partial charge is 0.361 e. The van der Waals surface area contributed by atoms with E-state index in [1.165, 1.54) is 0 Å². The number of alkyl halides is 1. The lowest BCUT2D eigenvalue weighted by molar-refractivity contribution is 0.0813. The van der Waals surface area contributed by atoms with E-state index in [0.717, 1.165) is 42.4 Å². The molecule has 0 radical (unpaired) electrons. The van der Waals surface area contributed by atoms with Gasteiger partial charge in [0.25, 0.3) is 0 Å². The van der Waals surface area contributed by atoms with E-state index in [0.29, 0.717) is 0 Å². The average Bonchev–Trinajstić information content (AvgIpc) is 2.87. The fraction of sp³-hybridized carbons (Fsp3) is 0.467. The van der Waals surface area contributed by atoms with E-state index in [4.69, 9.17) is 0 Å². The number of H-pyrrole nitrogens is 1. The molecule has 0 amide bonds. The van der Waals surface area contributed by atoms with Gasteiger partial charge >= 0.3 is 0 Å². The molecular formula is C15H19FN2. The van der Waals surface area contributed by atoms with Crippen molar-refractivity contribution in [1.82, 2.24) is 10.3 Å². The van der Waals surface area contributed by atoms with E-state index < -0.39 is 5.67 Å². The third-order valence-corrected chi connectivity index (χ3v) is 4.18. The Bertz CT molecular complexity index is 538. The van der Waals surface area contributed by atoms with Gasteiger partial charge in [-0.05, 0) is 55.5 Å². The van der Waals surface area contributed by atoms with Crippen molar-refractivity contribution in [3.8, 4) is 0 Å². The first-order valence-corrected chi connectivity index (χ1v) is 6.65. The van der Waals surface area contributed by atoms with Gasteiger partial charge in [0.15, 0.2) is 0 Å². The Balaban J connectivity index is 1.95. The number of halogens is 1. The van der Waals surface area contributed by atoms with Gasteiger partial charge in [0.1, 0.15) is 5.67 Å². The van der Waals surface area contributed by atoms with Crippen molar-refractivity contribution < 1.29 is 4.39 Å². The van der Waals surface area contributed by atoms with Crippen LogP contribution < -0.4 is 5.32 Å². The van der Waals surface area contributed by atoms with Crippen molar-refractivity contribution in [2.45, 2.75) is 25.4 Å². The molecule has 2 nitrogen and oxygen atoms in total. The van der Waals surface area contributed by atoms with Gasteiger partial charge in [0.05, 0.1) is 0 Å². The first kappa shape index (κ1) is 11.7. The lowest BCUT2D eigenvalue weighted by Gasteiger charge is -2.34. The minimum atomic E-state index is -1.25. The molecule has 0 bridgehead atoms. The van der Waals surface area contributed by atoms with Gasteiger partial charge in [-0.25, -0.2) is 4.39 Å². The molecule has 1 saturated heterocycles. The minimum Gasteiger partial charge on any atom is -0.361 e. The molecule has 2 N–H and O–H groups in total. The molecule has 2 aromatic rings. The van der Waals surface area contributed by atoms with Crippen molar-refractivity contribution in [3.63, 3.8) is 0 Å². The second-order valence-corrected chi connectivity index (χ2v) is 5.40. The van der Waals surface area contributed by atoms with Crippen LogP contribution in [0.4, 0.5) is 4.39 Å². The number of fused-ring (bicyclic) bond motifs is 1. The number of rotatable bonds is 2. The molecule has 2 heterocycles. The Morgan fingerprint density at radius 1 is 1.33 bits per heavy atom. The Hall–Kier alpha value is -1.35. The number of piperidine rings is 1. The Morgan fingerprint density at radius 3 is 3.00 bits per heavy atom. The lowest BCUT2D eigenvalue weighted by Crippen LogP contribution is -2.39. The summed E-state index contributed by atoms with van der Waals surface area (Å²) in [6, 6.07) is 7.85. The maximum Gasteiger partial charge on any atom is 0.137 e. The lowest BCUT2D eigenvalue weighted by atomic mass is 9.80. The molecule has 2 atom stereocenters. The van der Waals surface area contributed by atoms with E-state index in [1.54, 1.807) is 6.92 Å². The van der Waals surface area contributed by atoms with Gasteiger partial charge in [-0.3, -0.25) is 0 Å². The fourth-order valence-corrected chi connectivity index (χ4v) is 2.91. The van der Waals surface area contributed by atoms with Crippen LogP contribution in [0.5, 0.6) is 0 Å². The summed E-state index contributed by atoms with van der Waals surface area (Å²) in [5.41, 5.74) is 0.610. The molecular weight excluding hydrogens is 227 g/mol. The summed E-state index contributed by atoms with van der Waals surface area (Å²) in [7, 11) is 0. The number of nitrogens with one attached hydrogen (secondary N) is 2. The SMILES string of the molecule is CC(F)(c1ccc2[nH]ccc2c1)C1CCCNC1. The summed E-state index contributed by atoms with van der Waals surface area (Å²) in [4.78, 5) is 3.14. The highest BCUT2D eigenvalue weighted by Crippen LogP contribution is 2.38. The Kier molecular flexibility index (Phi) is 2.86. The first-order valence-electron chi connectivity index (χ1n) is 6.65. The molecule has 18 heavy (non-hydrogen) atoms. The summed E-state index contributed by atoms with van der Waals surface area (Å²) in [6.45, 7) is 3.51. The van der Waals surface area contributed by atoms with Gasteiger partial charge in [0, 0.05) is 24.2 Å². The molecule has 1 aromatic heterocycles. The zero-order valence-corrected chi connectivity index (χ0v) is 10.7. The highest BCUT2D eigenvalue weighted by molar-refractivity contribution is 5.80. The normalized spacial score (nSPS) is 24.0. The quantitative estimate of drug-likeness (QED) is 0.835. The summed E-state index contributed by atoms with van der Waals surface area (Å²) < 4.78 is 15.1. The van der Waals surface area contributed by atoms with Crippen LogP contribution in [0.25, 0.3) is 10.9 Å². The van der Waals surface area contributed by atoms with E-state index in [9.17, 15) is 0 Å². The average molecular weight is 246 g/mol. The first-order chi connectivity index (χ1) is 8.68. The van der Waals surface area contributed by atoms with E-state index in [-0.39, 0.29) is 5.92 Å². The monoisotopic (exact) mass is 246 g/mol. The van der Waals surface area contributed by atoms with Crippen molar-refractivity contribution >= 4 is 10.9 Å². The highest BCUT2D eigenvalue weighted by atomic mass is 19.1. The molecule has 0 spiro atoms. The van der Waals surface area contributed by atoms with E-state index in [2.05, 4.69) is 10.3 Å². The third kappa shape index (κ3) is 1.93. The van der Waals surface area contributed by atoms with Crippen molar-refractivity contribution in [2.75, 3.05) is 13.1 Å². The maximum absolute atomic E-state index is 15.1. The molecule has 3 heteroatoms. The number of hydrogen-bond donors (Lipinski definition) is 2. The second-order valence-electron chi connectivity index (χ2n) is 5.40. The summed E-state index contributed by atoms with van der Waals surface area (Å²) in [5.74, 6) is 0.0719. The van der Waals surface area contributed by atoms with Crippen LogP contribution in [0.15, 0.2) is 30.5 Å². The van der Waals surface area contributed by atoms with Crippen molar-refractivity contribution in [2.24, 2.45) is 5.92 Å². The Morgan fingerprint density at radius 2 is 2.22 bits per heavy atom. The predicted octanol–water partition coefficient (Wildman–Crippen LogP) is 3.35. The van der Waals surface area contributed by atoms with Crippen LogP contribution >= 0.6 is 0 Å². The molecule has 1 fully saturated rings. The number of aromatic amines is 1. The van der Waals surface area contributed by atoms with Gasteiger partial charge < -0.3 is 10.3 Å². The van der Waals surface area contributed by atoms with Crippen LogP contribution in [-0.2, 0) is 5.67 Å². The molecule has 1 aromatic carbocycles. The molecule has 1 aliphatic rings. The fourth-order valence-electron chi connectivity index (χ4n) is 2.91. The standard InChI is InChI=1S/C15H19FN2/c1-15(16,13-3-2-7-17-10-13)12-4-5-14-11(9-12)6-8-18-14/h4-6,8-9,13,17-18H,2-3,7,10H2,1H3. The van der Waals surface area contributed by atoms with Crippen LogP contribution in [0.2, 0.25) is 0 Å². The smallest absolute Gasteiger partial charge is 0.137 e. The maximum atomic E-state index is 15.1. The predicted molar refractivity (Wildman–Crippen MR) is 72.4 cm³/mol. The van der Waals surface area contributed by atoms with E-state index in [1.807, 2.05) is 30.5 Å². The molecule has 96 valence electrons. The molecule has 0 saturated carbocycles. The minimum absolute atomic E-state index is 0.0719. The van der Waals surface area contributed by atoms with Gasteiger partial charge in [0.2, 0.25) is 0 Å². The zero-order valence-electron chi connectivity index (χ0n) is 10.7. The number of aromatic nitrogens is 1. The van der Waals surface area contributed by atoms with Gasteiger partial charge in [-0.15, -0.1) is 0 Å². The number of hydrogen-bond acceptors (Lipinski definition) is 1. The molecule has 0 aliphatic carbocycles. The molecule has 1 aliphatic heterocycles. The molecule has 3 rings (SSSR count). The summed E-state index contributed by atoms with van der Waals surface area (Å²) in [5, 5.41) is 4.38. The third-order valence-electron chi connectivity index (χ3n) is 4.18. The summed E-state index contributed by atoms with van der Waals surface area (Å²) >= 11 is 0. The van der Waals surface area contributed by atoms with Crippen LogP contribution in [0, 0.1) is 5.92 Å². The number of benzene rings is 1. The van der Waals surface area contributed by atoms with Crippen molar-refractivity contribution in [1.29, 1.82) is 0 Å².